The molecular formula is C17H19N3O3. The van der Waals surface area contributed by atoms with Gasteiger partial charge in [-0.2, -0.15) is 0 Å². The van der Waals surface area contributed by atoms with Crippen molar-refractivity contribution in [3.63, 3.8) is 0 Å². The molecule has 0 aliphatic carbocycles. The number of nitrogens with one attached hydrogen (secondary N) is 1. The Morgan fingerprint density at radius 2 is 2.09 bits per heavy atom. The number of aromatic nitrogens is 1. The molecule has 1 fully saturated rings. The zero-order valence-electron chi connectivity index (χ0n) is 13.0. The van der Waals surface area contributed by atoms with Crippen molar-refractivity contribution in [2.45, 2.75) is 19.8 Å². The number of benzene rings is 1. The van der Waals surface area contributed by atoms with E-state index in [-0.39, 0.29) is 17.7 Å². The third-order valence-corrected chi connectivity index (χ3v) is 3.97. The van der Waals surface area contributed by atoms with Crippen molar-refractivity contribution in [3.05, 3.63) is 47.9 Å². The van der Waals surface area contributed by atoms with Gasteiger partial charge in [-0.25, -0.2) is 0 Å². The predicted molar refractivity (Wildman–Crippen MR) is 84.9 cm³/mol. The summed E-state index contributed by atoms with van der Waals surface area (Å²) in [6, 6.07) is 11.0. The van der Waals surface area contributed by atoms with Crippen molar-refractivity contribution in [2.75, 3.05) is 18.4 Å². The molecule has 2 amide bonds. The largest absolute Gasteiger partial charge is 0.361 e. The van der Waals surface area contributed by atoms with Crippen LogP contribution < -0.4 is 5.32 Å². The number of aryl methyl sites for hydroxylation is 1. The number of carbonyl (C=O) groups is 2. The molecule has 1 saturated heterocycles. The molecule has 0 saturated carbocycles. The summed E-state index contributed by atoms with van der Waals surface area (Å²) in [6.45, 7) is 2.79. The Bertz CT molecular complexity index is 696. The fourth-order valence-electron chi connectivity index (χ4n) is 2.77. The van der Waals surface area contributed by atoms with Gasteiger partial charge in [-0.15, -0.1) is 0 Å². The molecule has 3 rings (SSSR count). The molecule has 120 valence electrons. The average molecular weight is 313 g/mol. The van der Waals surface area contributed by atoms with Gasteiger partial charge in [0.25, 0.3) is 5.91 Å². The molecule has 6 nitrogen and oxygen atoms in total. The number of anilines is 1. The molecule has 23 heavy (non-hydrogen) atoms. The van der Waals surface area contributed by atoms with Crippen molar-refractivity contribution < 1.29 is 14.1 Å². The second-order valence-electron chi connectivity index (χ2n) is 5.77. The molecule has 0 bridgehead atoms. The Balaban J connectivity index is 1.63. The highest BCUT2D eigenvalue weighted by Crippen LogP contribution is 2.20. The molecule has 2 aromatic rings. The van der Waals surface area contributed by atoms with Crippen molar-refractivity contribution >= 4 is 17.5 Å². The minimum absolute atomic E-state index is 0.0509. The van der Waals surface area contributed by atoms with E-state index in [4.69, 9.17) is 4.52 Å². The number of rotatable bonds is 3. The number of likely N-dealkylation sites (tertiary alicyclic amines) is 1. The van der Waals surface area contributed by atoms with E-state index in [2.05, 4.69) is 10.5 Å². The molecule has 6 heteroatoms. The quantitative estimate of drug-likeness (QED) is 0.944. The number of piperidine rings is 1. The first-order valence-corrected chi connectivity index (χ1v) is 7.72. The fourth-order valence-corrected chi connectivity index (χ4v) is 2.77. The second-order valence-corrected chi connectivity index (χ2v) is 5.77. The summed E-state index contributed by atoms with van der Waals surface area (Å²) in [5.41, 5.74) is 1.07. The fraction of sp³-hybridized carbons (Fsp3) is 0.353. The summed E-state index contributed by atoms with van der Waals surface area (Å²) < 4.78 is 4.95. The highest BCUT2D eigenvalue weighted by molar-refractivity contribution is 5.95. The minimum atomic E-state index is -0.207. The molecule has 1 aliphatic rings. The van der Waals surface area contributed by atoms with Gasteiger partial charge in [0, 0.05) is 24.8 Å². The molecule has 2 heterocycles. The first-order valence-electron chi connectivity index (χ1n) is 7.72. The lowest BCUT2D eigenvalue weighted by atomic mass is 9.96. The minimum Gasteiger partial charge on any atom is -0.361 e. The van der Waals surface area contributed by atoms with Gasteiger partial charge in [-0.05, 0) is 31.9 Å². The maximum absolute atomic E-state index is 12.4. The van der Waals surface area contributed by atoms with Crippen LogP contribution in [0.1, 0.15) is 29.1 Å². The van der Waals surface area contributed by atoms with Crippen LogP contribution in [-0.2, 0) is 4.79 Å². The Morgan fingerprint density at radius 1 is 1.30 bits per heavy atom. The van der Waals surface area contributed by atoms with Crippen LogP contribution in [0.25, 0.3) is 0 Å². The molecule has 1 aromatic carbocycles. The predicted octanol–water partition coefficient (Wildman–Crippen LogP) is 2.47. The summed E-state index contributed by atoms with van der Waals surface area (Å²) in [6.07, 6.45) is 1.58. The van der Waals surface area contributed by atoms with Crippen LogP contribution in [0.3, 0.4) is 0 Å². The lowest BCUT2D eigenvalue weighted by molar-refractivity contribution is -0.121. The number of hydrogen-bond acceptors (Lipinski definition) is 4. The van der Waals surface area contributed by atoms with Gasteiger partial charge in [0.1, 0.15) is 5.76 Å². The average Bonchev–Trinajstić information content (AvgIpc) is 3.01. The number of nitrogens with zero attached hydrogens (tertiary/aromatic N) is 2. The van der Waals surface area contributed by atoms with Gasteiger partial charge < -0.3 is 14.7 Å². The van der Waals surface area contributed by atoms with Crippen molar-refractivity contribution in [2.24, 2.45) is 5.92 Å². The number of amides is 2. The zero-order chi connectivity index (χ0) is 16.2. The number of para-hydroxylation sites is 1. The lowest BCUT2D eigenvalue weighted by Crippen LogP contribution is -2.43. The second kappa shape index (κ2) is 6.64. The first kappa shape index (κ1) is 15.3. The van der Waals surface area contributed by atoms with Crippen molar-refractivity contribution in [3.8, 4) is 0 Å². The molecule has 0 spiro atoms. The van der Waals surface area contributed by atoms with E-state index in [1.807, 2.05) is 30.3 Å². The number of hydrogen-bond donors (Lipinski definition) is 1. The van der Waals surface area contributed by atoms with E-state index in [0.29, 0.717) is 24.5 Å². The summed E-state index contributed by atoms with van der Waals surface area (Å²) in [4.78, 5) is 26.5. The lowest BCUT2D eigenvalue weighted by Gasteiger charge is -2.31. The van der Waals surface area contributed by atoms with Gasteiger partial charge in [0.2, 0.25) is 5.91 Å². The van der Waals surface area contributed by atoms with Crippen LogP contribution in [0.4, 0.5) is 5.69 Å². The highest BCUT2D eigenvalue weighted by atomic mass is 16.5. The third kappa shape index (κ3) is 3.59. The van der Waals surface area contributed by atoms with Crippen LogP contribution in [0.5, 0.6) is 0 Å². The van der Waals surface area contributed by atoms with E-state index in [9.17, 15) is 9.59 Å². The highest BCUT2D eigenvalue weighted by Gasteiger charge is 2.30. The summed E-state index contributed by atoms with van der Waals surface area (Å²) >= 11 is 0. The van der Waals surface area contributed by atoms with Crippen LogP contribution in [-0.4, -0.2) is 35.0 Å². The van der Waals surface area contributed by atoms with Crippen LogP contribution in [0.15, 0.2) is 40.9 Å². The van der Waals surface area contributed by atoms with Crippen LogP contribution in [0.2, 0.25) is 0 Å². The Hall–Kier alpha value is -2.63. The maximum Gasteiger partial charge on any atom is 0.276 e. The van der Waals surface area contributed by atoms with E-state index < -0.39 is 0 Å². The van der Waals surface area contributed by atoms with Gasteiger partial charge in [-0.1, -0.05) is 23.4 Å². The van der Waals surface area contributed by atoms with Crippen molar-refractivity contribution in [1.29, 1.82) is 0 Å². The normalized spacial score (nSPS) is 17.8. The molecule has 1 atom stereocenters. The molecule has 1 N–H and O–H groups in total. The molecule has 1 aromatic heterocycles. The Morgan fingerprint density at radius 3 is 2.78 bits per heavy atom. The van der Waals surface area contributed by atoms with Crippen LogP contribution in [0, 0.1) is 12.8 Å². The monoisotopic (exact) mass is 313 g/mol. The summed E-state index contributed by atoms with van der Waals surface area (Å²) in [7, 11) is 0. The molecular weight excluding hydrogens is 294 g/mol. The summed E-state index contributed by atoms with van der Waals surface area (Å²) in [5, 5.41) is 6.67. The van der Waals surface area contributed by atoms with E-state index in [1.165, 1.54) is 0 Å². The van der Waals surface area contributed by atoms with Gasteiger partial charge >= 0.3 is 0 Å². The maximum atomic E-state index is 12.4. The summed E-state index contributed by atoms with van der Waals surface area (Å²) in [5.74, 6) is 0.161. The van der Waals surface area contributed by atoms with E-state index in [0.717, 1.165) is 18.5 Å². The van der Waals surface area contributed by atoms with Gasteiger partial charge in [0.15, 0.2) is 5.69 Å². The zero-order valence-corrected chi connectivity index (χ0v) is 13.0. The van der Waals surface area contributed by atoms with E-state index >= 15 is 0 Å². The van der Waals surface area contributed by atoms with Crippen molar-refractivity contribution in [1.82, 2.24) is 10.1 Å². The topological polar surface area (TPSA) is 75.4 Å². The number of carbonyl (C=O) groups excluding carboxylic acids is 2. The molecule has 1 unspecified atom stereocenters. The van der Waals surface area contributed by atoms with Gasteiger partial charge in [-0.3, -0.25) is 9.59 Å². The van der Waals surface area contributed by atoms with Crippen LogP contribution >= 0.6 is 0 Å². The molecule has 1 aliphatic heterocycles. The van der Waals surface area contributed by atoms with E-state index in [1.54, 1.807) is 17.9 Å². The van der Waals surface area contributed by atoms with Gasteiger partial charge in [0.05, 0.1) is 5.92 Å². The molecule has 0 radical (unpaired) electrons. The first-order chi connectivity index (χ1) is 11.1. The Labute approximate surface area is 134 Å². The third-order valence-electron chi connectivity index (χ3n) is 3.97. The standard InChI is InChI=1S/C17H19N3O3/c1-12-10-15(19-23-12)17(22)20-9-5-6-13(11-20)16(21)18-14-7-3-2-4-8-14/h2-4,7-8,10,13H,5-6,9,11H2,1H3,(H,18,21). The Kier molecular flexibility index (Phi) is 4.41. The smallest absolute Gasteiger partial charge is 0.276 e. The SMILES string of the molecule is Cc1cc(C(=O)N2CCCC(C(=O)Nc3ccccc3)C2)no1.